The average molecular weight is 186 g/mol. The Balaban J connectivity index is 1.82. The lowest BCUT2D eigenvalue weighted by Crippen LogP contribution is -2.56. The summed E-state index contributed by atoms with van der Waals surface area (Å²) in [6.45, 7) is 2.31. The van der Waals surface area contributed by atoms with Crippen LogP contribution in [0, 0.1) is 0 Å². The van der Waals surface area contributed by atoms with Crippen molar-refractivity contribution in [2.45, 2.75) is 25.4 Å². The molecule has 0 unspecified atom stereocenters. The molecular formula is C9H15FN2O. The van der Waals surface area contributed by atoms with Gasteiger partial charge in [-0.15, -0.1) is 0 Å². The van der Waals surface area contributed by atoms with Crippen LogP contribution < -0.4 is 0 Å². The van der Waals surface area contributed by atoms with Gasteiger partial charge in [-0.1, -0.05) is 0 Å². The van der Waals surface area contributed by atoms with Crippen molar-refractivity contribution in [2.24, 2.45) is 0 Å². The highest BCUT2D eigenvalue weighted by molar-refractivity contribution is 5.75. The van der Waals surface area contributed by atoms with Gasteiger partial charge in [-0.25, -0.2) is 9.18 Å². The fourth-order valence-corrected chi connectivity index (χ4v) is 1.87. The van der Waals surface area contributed by atoms with Crippen molar-refractivity contribution < 1.29 is 9.18 Å². The fourth-order valence-electron chi connectivity index (χ4n) is 1.87. The molecule has 2 amide bonds. The minimum Gasteiger partial charge on any atom is -0.325 e. The molecule has 13 heavy (non-hydrogen) atoms. The third kappa shape index (κ3) is 1.76. The molecule has 2 aliphatic heterocycles. The summed E-state index contributed by atoms with van der Waals surface area (Å²) in [7, 11) is 0. The van der Waals surface area contributed by atoms with Crippen molar-refractivity contribution in [2.75, 3.05) is 26.2 Å². The Morgan fingerprint density at radius 2 is 1.69 bits per heavy atom. The molecule has 0 atom stereocenters. The summed E-state index contributed by atoms with van der Waals surface area (Å²) in [5, 5.41) is 0. The van der Waals surface area contributed by atoms with Crippen LogP contribution in [0.1, 0.15) is 19.3 Å². The highest BCUT2D eigenvalue weighted by atomic mass is 19.1. The minimum atomic E-state index is -0.784. The molecule has 2 rings (SSSR count). The zero-order valence-corrected chi connectivity index (χ0v) is 7.71. The Bertz CT molecular complexity index is 198. The molecule has 0 spiro atoms. The van der Waals surface area contributed by atoms with Crippen LogP contribution in [0.3, 0.4) is 0 Å². The van der Waals surface area contributed by atoms with Gasteiger partial charge >= 0.3 is 6.03 Å². The zero-order chi connectivity index (χ0) is 9.26. The van der Waals surface area contributed by atoms with Gasteiger partial charge in [0.05, 0.1) is 13.1 Å². The molecule has 0 aromatic carbocycles. The van der Waals surface area contributed by atoms with Crippen LogP contribution in [0.15, 0.2) is 0 Å². The minimum absolute atomic E-state index is 0.0357. The number of piperidine rings is 1. The van der Waals surface area contributed by atoms with Gasteiger partial charge in [-0.05, 0) is 19.3 Å². The number of carbonyl (C=O) groups is 1. The van der Waals surface area contributed by atoms with Crippen LogP contribution in [0.4, 0.5) is 9.18 Å². The molecule has 4 heteroatoms. The summed E-state index contributed by atoms with van der Waals surface area (Å²) in [4.78, 5) is 15.0. The van der Waals surface area contributed by atoms with E-state index in [1.54, 1.807) is 4.90 Å². The lowest BCUT2D eigenvalue weighted by Gasteiger charge is -2.39. The second kappa shape index (κ2) is 3.52. The predicted octanol–water partition coefficient (Wildman–Crippen LogP) is 1.25. The number of hydrogen-bond acceptors (Lipinski definition) is 1. The van der Waals surface area contributed by atoms with Gasteiger partial charge in [0, 0.05) is 13.1 Å². The van der Waals surface area contributed by atoms with Gasteiger partial charge in [-0.3, -0.25) is 0 Å². The van der Waals surface area contributed by atoms with Gasteiger partial charge < -0.3 is 9.80 Å². The molecule has 2 saturated heterocycles. The van der Waals surface area contributed by atoms with Crippen molar-refractivity contribution in [1.82, 2.24) is 9.80 Å². The fraction of sp³-hybridized carbons (Fsp3) is 0.889. The van der Waals surface area contributed by atoms with E-state index in [9.17, 15) is 9.18 Å². The number of carbonyl (C=O) groups excluding carboxylic acids is 1. The zero-order valence-electron chi connectivity index (χ0n) is 7.71. The number of hydrogen-bond donors (Lipinski definition) is 0. The molecular weight excluding hydrogens is 171 g/mol. The van der Waals surface area contributed by atoms with Crippen molar-refractivity contribution in [3.63, 3.8) is 0 Å². The molecule has 0 radical (unpaired) electrons. The van der Waals surface area contributed by atoms with Crippen molar-refractivity contribution in [3.8, 4) is 0 Å². The smallest absolute Gasteiger partial charge is 0.320 e. The molecule has 0 aromatic rings. The van der Waals surface area contributed by atoms with E-state index in [0.717, 1.165) is 25.9 Å². The summed E-state index contributed by atoms with van der Waals surface area (Å²) < 4.78 is 12.5. The third-order valence-corrected chi connectivity index (χ3v) is 2.73. The molecule has 0 bridgehead atoms. The second-order valence-corrected chi connectivity index (χ2v) is 3.83. The number of urea groups is 1. The molecule has 0 saturated carbocycles. The highest BCUT2D eigenvalue weighted by Gasteiger charge is 2.33. The Labute approximate surface area is 77.5 Å². The van der Waals surface area contributed by atoms with E-state index >= 15 is 0 Å². The maximum atomic E-state index is 12.5. The van der Waals surface area contributed by atoms with E-state index in [-0.39, 0.29) is 6.03 Å². The maximum absolute atomic E-state index is 12.5. The summed E-state index contributed by atoms with van der Waals surface area (Å²) in [6.07, 6.45) is 2.63. The SMILES string of the molecule is O=C(N1CCCCC1)N1CC(F)C1. The average Bonchev–Trinajstić information content (AvgIpc) is 2.13. The first kappa shape index (κ1) is 8.78. The van der Waals surface area contributed by atoms with E-state index in [0.29, 0.717) is 13.1 Å². The van der Waals surface area contributed by atoms with E-state index in [2.05, 4.69) is 0 Å². The van der Waals surface area contributed by atoms with Gasteiger partial charge in [0.25, 0.3) is 0 Å². The first-order valence-electron chi connectivity index (χ1n) is 4.95. The van der Waals surface area contributed by atoms with E-state index in [4.69, 9.17) is 0 Å². The molecule has 0 aliphatic carbocycles. The maximum Gasteiger partial charge on any atom is 0.320 e. The van der Waals surface area contributed by atoms with Crippen LogP contribution in [-0.4, -0.2) is 48.2 Å². The second-order valence-electron chi connectivity index (χ2n) is 3.83. The summed E-state index contributed by atoms with van der Waals surface area (Å²) in [5.41, 5.74) is 0. The molecule has 2 fully saturated rings. The van der Waals surface area contributed by atoms with E-state index in [1.807, 2.05) is 4.90 Å². The summed E-state index contributed by atoms with van der Waals surface area (Å²) in [6, 6.07) is 0.0357. The van der Waals surface area contributed by atoms with Crippen LogP contribution >= 0.6 is 0 Å². The molecule has 74 valence electrons. The summed E-state index contributed by atoms with van der Waals surface area (Å²) >= 11 is 0. The van der Waals surface area contributed by atoms with Crippen LogP contribution in [0.2, 0.25) is 0 Å². The molecule has 2 heterocycles. The summed E-state index contributed by atoms with van der Waals surface area (Å²) in [5.74, 6) is 0. The standard InChI is InChI=1S/C9H15FN2O/c10-8-6-12(7-8)9(13)11-4-2-1-3-5-11/h8H,1-7H2. The number of alkyl halides is 1. The quantitative estimate of drug-likeness (QED) is 0.558. The highest BCUT2D eigenvalue weighted by Crippen LogP contribution is 2.17. The monoisotopic (exact) mass is 186 g/mol. The number of amides is 2. The molecule has 0 aromatic heterocycles. The van der Waals surface area contributed by atoms with Gasteiger partial charge in [0.2, 0.25) is 0 Å². The van der Waals surface area contributed by atoms with Crippen molar-refractivity contribution >= 4 is 6.03 Å². The Hall–Kier alpha value is -0.800. The first-order chi connectivity index (χ1) is 6.27. The van der Waals surface area contributed by atoms with Crippen molar-refractivity contribution in [3.05, 3.63) is 0 Å². The number of halogens is 1. The van der Waals surface area contributed by atoms with Crippen molar-refractivity contribution in [1.29, 1.82) is 0 Å². The van der Waals surface area contributed by atoms with Crippen LogP contribution in [0.25, 0.3) is 0 Å². The number of nitrogens with zero attached hydrogens (tertiary/aromatic N) is 2. The molecule has 0 N–H and O–H groups in total. The molecule has 2 aliphatic rings. The Kier molecular flexibility index (Phi) is 2.38. The Morgan fingerprint density at radius 1 is 1.08 bits per heavy atom. The van der Waals surface area contributed by atoms with Gasteiger partial charge in [-0.2, -0.15) is 0 Å². The van der Waals surface area contributed by atoms with Crippen LogP contribution in [0.5, 0.6) is 0 Å². The molecule has 3 nitrogen and oxygen atoms in total. The Morgan fingerprint density at radius 3 is 2.23 bits per heavy atom. The third-order valence-electron chi connectivity index (χ3n) is 2.73. The lowest BCUT2D eigenvalue weighted by molar-refractivity contribution is 0.0644. The number of likely N-dealkylation sites (tertiary alicyclic amines) is 2. The van der Waals surface area contributed by atoms with Gasteiger partial charge in [0.15, 0.2) is 0 Å². The van der Waals surface area contributed by atoms with Gasteiger partial charge in [0.1, 0.15) is 6.17 Å². The van der Waals surface area contributed by atoms with Crippen LogP contribution in [-0.2, 0) is 0 Å². The van der Waals surface area contributed by atoms with E-state index < -0.39 is 6.17 Å². The predicted molar refractivity (Wildman–Crippen MR) is 47.3 cm³/mol. The van der Waals surface area contributed by atoms with E-state index in [1.165, 1.54) is 6.42 Å². The normalized spacial score (nSPS) is 24.4. The largest absolute Gasteiger partial charge is 0.325 e. The first-order valence-corrected chi connectivity index (χ1v) is 4.95. The lowest BCUT2D eigenvalue weighted by atomic mass is 10.1. The number of rotatable bonds is 0. The topological polar surface area (TPSA) is 23.6 Å².